The molecule has 3 N–H and O–H groups in total. The lowest BCUT2D eigenvalue weighted by molar-refractivity contribution is -0.123. The molecule has 0 heterocycles. The Morgan fingerprint density at radius 1 is 1.33 bits per heavy atom. The van der Waals surface area contributed by atoms with Crippen molar-refractivity contribution in [1.82, 2.24) is 5.32 Å². The fourth-order valence-corrected chi connectivity index (χ4v) is 2.79. The second kappa shape index (κ2) is 6.18. The van der Waals surface area contributed by atoms with Crippen LogP contribution in [0, 0.1) is 11.3 Å². The molecule has 1 aliphatic rings. The van der Waals surface area contributed by atoms with E-state index in [9.17, 15) is 4.79 Å². The summed E-state index contributed by atoms with van der Waals surface area (Å²) in [5.41, 5.74) is 8.78. The van der Waals surface area contributed by atoms with Gasteiger partial charge in [-0.05, 0) is 35.3 Å². The number of carbonyl (C=O) groups excluding carboxylic acids is 1. The fraction of sp³-hybridized carbons (Fsp3) is 0.611. The summed E-state index contributed by atoms with van der Waals surface area (Å²) in [5, 5.41) is 3.01. The van der Waals surface area contributed by atoms with Crippen LogP contribution in [0.5, 0.6) is 0 Å². The molecular weight excluding hydrogens is 260 g/mol. The second-order valence-corrected chi connectivity index (χ2v) is 6.94. The van der Waals surface area contributed by atoms with E-state index in [1.54, 1.807) is 0 Å². The van der Waals surface area contributed by atoms with Gasteiger partial charge in [0.25, 0.3) is 0 Å². The van der Waals surface area contributed by atoms with Gasteiger partial charge in [-0.25, -0.2) is 0 Å². The summed E-state index contributed by atoms with van der Waals surface area (Å²) in [6.45, 7) is 9.19. The van der Waals surface area contributed by atoms with Gasteiger partial charge in [-0.3, -0.25) is 4.79 Å². The highest BCUT2D eigenvalue weighted by Crippen LogP contribution is 2.54. The minimum Gasteiger partial charge on any atom is -0.354 e. The first-order chi connectivity index (χ1) is 9.87. The maximum atomic E-state index is 12.1. The lowest BCUT2D eigenvalue weighted by Crippen LogP contribution is -2.33. The van der Waals surface area contributed by atoms with E-state index in [2.05, 4.69) is 57.3 Å². The van der Waals surface area contributed by atoms with Crippen LogP contribution < -0.4 is 11.1 Å². The predicted octanol–water partition coefficient (Wildman–Crippen LogP) is 3.36. The molecule has 3 heteroatoms. The first kappa shape index (κ1) is 16.0. The normalized spacial score (nSPS) is 25.7. The molecule has 1 saturated carbocycles. The predicted molar refractivity (Wildman–Crippen MR) is 87.0 cm³/mol. The topological polar surface area (TPSA) is 55.1 Å². The average Bonchev–Trinajstić information content (AvgIpc) is 3.17. The van der Waals surface area contributed by atoms with E-state index in [-0.39, 0.29) is 23.3 Å². The van der Waals surface area contributed by atoms with E-state index in [0.717, 1.165) is 18.4 Å². The number of hydrogen-bond acceptors (Lipinski definition) is 2. The molecule has 3 atom stereocenters. The molecule has 3 unspecified atom stereocenters. The summed E-state index contributed by atoms with van der Waals surface area (Å²) in [5.74, 6) is 0.864. The Kier molecular flexibility index (Phi) is 4.72. The quantitative estimate of drug-likeness (QED) is 0.843. The molecule has 0 aromatic heterocycles. The first-order valence-corrected chi connectivity index (χ1v) is 8.00. The van der Waals surface area contributed by atoms with Gasteiger partial charge in [0.15, 0.2) is 0 Å². The Bertz CT molecular complexity index is 494. The monoisotopic (exact) mass is 288 g/mol. The molecule has 1 aromatic rings. The molecule has 116 valence electrons. The van der Waals surface area contributed by atoms with E-state index >= 15 is 0 Å². The maximum Gasteiger partial charge on any atom is 0.223 e. The third-order valence-corrected chi connectivity index (χ3v) is 5.00. The van der Waals surface area contributed by atoms with Gasteiger partial charge in [0.1, 0.15) is 0 Å². The van der Waals surface area contributed by atoms with E-state index in [0.29, 0.717) is 12.5 Å². The smallest absolute Gasteiger partial charge is 0.223 e. The molecule has 0 radical (unpaired) electrons. The fourth-order valence-electron chi connectivity index (χ4n) is 2.79. The summed E-state index contributed by atoms with van der Waals surface area (Å²) < 4.78 is 0. The van der Waals surface area contributed by atoms with Gasteiger partial charge in [-0.1, -0.05) is 52.0 Å². The van der Waals surface area contributed by atoms with Crippen LogP contribution in [-0.4, -0.2) is 12.5 Å². The van der Waals surface area contributed by atoms with Gasteiger partial charge in [0.2, 0.25) is 5.91 Å². The minimum atomic E-state index is -0.137. The molecular formula is C18H28N2O. The highest BCUT2D eigenvalue weighted by molar-refractivity contribution is 5.82. The van der Waals surface area contributed by atoms with Gasteiger partial charge >= 0.3 is 0 Å². The van der Waals surface area contributed by atoms with Crippen LogP contribution in [0.25, 0.3) is 0 Å². The van der Waals surface area contributed by atoms with Crippen LogP contribution in [-0.2, 0) is 4.79 Å². The zero-order chi connectivity index (χ0) is 15.6. The molecule has 1 aliphatic carbocycles. The van der Waals surface area contributed by atoms with Crippen LogP contribution >= 0.6 is 0 Å². The second-order valence-electron chi connectivity index (χ2n) is 6.94. The van der Waals surface area contributed by atoms with Gasteiger partial charge < -0.3 is 11.1 Å². The largest absolute Gasteiger partial charge is 0.354 e. The van der Waals surface area contributed by atoms with Crippen molar-refractivity contribution < 1.29 is 4.79 Å². The molecule has 1 aromatic carbocycles. The van der Waals surface area contributed by atoms with Gasteiger partial charge in [-0.2, -0.15) is 0 Å². The Balaban J connectivity index is 1.84. The standard InChI is InChI=1S/C18H28N2O/c1-5-18(4)10-15(18)17(21)20-11-16(19)14-8-6-13(7-9-14)12(2)3/h6-9,12,15-16H,5,10-11,19H2,1-4H3,(H,20,21). The van der Waals surface area contributed by atoms with Crippen molar-refractivity contribution in [2.45, 2.75) is 52.5 Å². The van der Waals surface area contributed by atoms with Crippen molar-refractivity contribution in [3.63, 3.8) is 0 Å². The Labute approximate surface area is 128 Å². The van der Waals surface area contributed by atoms with Crippen LogP contribution in [0.4, 0.5) is 0 Å². The van der Waals surface area contributed by atoms with E-state index < -0.39 is 0 Å². The van der Waals surface area contributed by atoms with Crippen molar-refractivity contribution in [2.75, 3.05) is 6.54 Å². The molecule has 3 nitrogen and oxygen atoms in total. The zero-order valence-corrected chi connectivity index (χ0v) is 13.6. The third-order valence-electron chi connectivity index (χ3n) is 5.00. The average molecular weight is 288 g/mol. The third kappa shape index (κ3) is 3.65. The summed E-state index contributed by atoms with van der Waals surface area (Å²) in [4.78, 5) is 12.1. The SMILES string of the molecule is CCC1(C)CC1C(=O)NCC(N)c1ccc(C(C)C)cc1. The maximum absolute atomic E-state index is 12.1. The molecule has 1 amide bonds. The number of nitrogens with two attached hydrogens (primary N) is 1. The highest BCUT2D eigenvalue weighted by atomic mass is 16.2. The lowest BCUT2D eigenvalue weighted by atomic mass is 9.99. The number of amides is 1. The molecule has 0 spiro atoms. The summed E-state index contributed by atoms with van der Waals surface area (Å²) >= 11 is 0. The van der Waals surface area contributed by atoms with Gasteiger partial charge in [0, 0.05) is 18.5 Å². The number of benzene rings is 1. The van der Waals surface area contributed by atoms with Crippen molar-refractivity contribution >= 4 is 5.91 Å². The molecule has 0 aliphatic heterocycles. The summed E-state index contributed by atoms with van der Waals surface area (Å²) in [7, 11) is 0. The van der Waals surface area contributed by atoms with Crippen LogP contribution in [0.2, 0.25) is 0 Å². The van der Waals surface area contributed by atoms with Crippen molar-refractivity contribution in [3.8, 4) is 0 Å². The number of carbonyl (C=O) groups is 1. The molecule has 1 fully saturated rings. The number of hydrogen-bond donors (Lipinski definition) is 2. The van der Waals surface area contributed by atoms with Crippen LogP contribution in [0.1, 0.15) is 63.6 Å². The van der Waals surface area contributed by atoms with E-state index in [1.165, 1.54) is 5.56 Å². The molecule has 0 bridgehead atoms. The first-order valence-electron chi connectivity index (χ1n) is 8.00. The zero-order valence-electron chi connectivity index (χ0n) is 13.6. The van der Waals surface area contributed by atoms with E-state index in [4.69, 9.17) is 5.73 Å². The van der Waals surface area contributed by atoms with Crippen molar-refractivity contribution in [2.24, 2.45) is 17.1 Å². The Hall–Kier alpha value is -1.35. The van der Waals surface area contributed by atoms with Crippen LogP contribution in [0.15, 0.2) is 24.3 Å². The Morgan fingerprint density at radius 3 is 2.38 bits per heavy atom. The summed E-state index contributed by atoms with van der Waals surface area (Å²) in [6.07, 6.45) is 2.07. The molecule has 21 heavy (non-hydrogen) atoms. The van der Waals surface area contributed by atoms with Gasteiger partial charge in [0.05, 0.1) is 0 Å². The van der Waals surface area contributed by atoms with Crippen molar-refractivity contribution in [3.05, 3.63) is 35.4 Å². The van der Waals surface area contributed by atoms with E-state index in [1.807, 2.05) is 0 Å². The summed E-state index contributed by atoms with van der Waals surface area (Å²) in [6, 6.07) is 8.24. The number of nitrogens with one attached hydrogen (secondary N) is 1. The number of rotatable bonds is 6. The van der Waals surface area contributed by atoms with Crippen LogP contribution in [0.3, 0.4) is 0 Å². The van der Waals surface area contributed by atoms with Crippen molar-refractivity contribution in [1.29, 1.82) is 0 Å². The minimum absolute atomic E-state index is 0.137. The Morgan fingerprint density at radius 2 is 1.90 bits per heavy atom. The molecule has 0 saturated heterocycles. The lowest BCUT2D eigenvalue weighted by Gasteiger charge is -2.15. The van der Waals surface area contributed by atoms with Gasteiger partial charge in [-0.15, -0.1) is 0 Å². The highest BCUT2D eigenvalue weighted by Gasteiger charge is 2.52. The molecule has 2 rings (SSSR count).